The topological polar surface area (TPSA) is 75.9 Å². The Bertz CT molecular complexity index is 733. The van der Waals surface area contributed by atoms with E-state index in [-0.39, 0.29) is 24.2 Å². The average molecular weight is 346 g/mol. The maximum absolute atomic E-state index is 14.0. The van der Waals surface area contributed by atoms with Gasteiger partial charge in [-0.3, -0.25) is 9.69 Å². The minimum absolute atomic E-state index is 0.126. The van der Waals surface area contributed by atoms with Gasteiger partial charge in [-0.15, -0.1) is 5.10 Å². The number of amides is 1. The molecule has 1 fully saturated rings. The first kappa shape index (κ1) is 17.5. The fraction of sp³-hybridized carbons (Fsp3) is 0.529. The quantitative estimate of drug-likeness (QED) is 0.831. The number of carbonyl (C=O) groups excluding carboxylic acids is 1. The molecule has 3 rings (SSSR count). The summed E-state index contributed by atoms with van der Waals surface area (Å²) in [6.07, 6.45) is 2.63. The molecule has 25 heavy (non-hydrogen) atoms. The van der Waals surface area contributed by atoms with Crippen LogP contribution < -0.4 is 5.32 Å². The number of nitrogens with zero attached hydrogens (tertiary/aromatic N) is 5. The first-order chi connectivity index (χ1) is 11.9. The van der Waals surface area contributed by atoms with Crippen molar-refractivity contribution in [2.45, 2.75) is 33.2 Å². The third-order valence-corrected chi connectivity index (χ3v) is 4.66. The molecule has 8 heteroatoms. The second-order valence-electron chi connectivity index (χ2n) is 6.96. The summed E-state index contributed by atoms with van der Waals surface area (Å²) >= 11 is 0. The van der Waals surface area contributed by atoms with E-state index >= 15 is 0 Å². The molecule has 2 aromatic rings. The molecule has 0 bridgehead atoms. The predicted molar refractivity (Wildman–Crippen MR) is 91.7 cm³/mol. The molecule has 1 N–H and O–H groups in total. The number of aromatic nitrogens is 4. The number of hydrogen-bond donors (Lipinski definition) is 1. The fourth-order valence-corrected chi connectivity index (χ4v) is 2.82. The van der Waals surface area contributed by atoms with Crippen LogP contribution >= 0.6 is 0 Å². The van der Waals surface area contributed by atoms with Crippen LogP contribution in [0.2, 0.25) is 0 Å². The molecule has 1 aliphatic carbocycles. The van der Waals surface area contributed by atoms with Crippen LogP contribution in [0.15, 0.2) is 24.5 Å². The molecule has 0 saturated heterocycles. The zero-order valence-electron chi connectivity index (χ0n) is 14.7. The summed E-state index contributed by atoms with van der Waals surface area (Å²) in [5.74, 6) is 0.677. The summed E-state index contributed by atoms with van der Waals surface area (Å²) in [5, 5.41) is 13.5. The van der Waals surface area contributed by atoms with E-state index in [2.05, 4.69) is 46.5 Å². The third-order valence-electron chi connectivity index (χ3n) is 4.66. The molecule has 134 valence electrons. The number of anilines is 1. The van der Waals surface area contributed by atoms with Crippen LogP contribution in [-0.4, -0.2) is 50.1 Å². The summed E-state index contributed by atoms with van der Waals surface area (Å²) in [6, 6.07) is 4.62. The highest BCUT2D eigenvalue weighted by atomic mass is 19.1. The Hall–Kier alpha value is -2.35. The van der Waals surface area contributed by atoms with Crippen LogP contribution in [0.25, 0.3) is 5.69 Å². The Morgan fingerprint density at radius 1 is 1.48 bits per heavy atom. The molecular formula is C17H23FN6O. The number of hydrogen-bond acceptors (Lipinski definition) is 5. The van der Waals surface area contributed by atoms with E-state index < -0.39 is 5.82 Å². The molecule has 1 saturated carbocycles. The lowest BCUT2D eigenvalue weighted by molar-refractivity contribution is -0.117. The van der Waals surface area contributed by atoms with Gasteiger partial charge in [-0.1, -0.05) is 6.92 Å². The Kier molecular flexibility index (Phi) is 5.08. The van der Waals surface area contributed by atoms with E-state index in [9.17, 15) is 9.18 Å². The van der Waals surface area contributed by atoms with Gasteiger partial charge in [-0.05, 0) is 60.7 Å². The van der Waals surface area contributed by atoms with Crippen molar-refractivity contribution in [1.82, 2.24) is 25.1 Å². The molecular weight excluding hydrogens is 323 g/mol. The van der Waals surface area contributed by atoms with E-state index in [4.69, 9.17) is 0 Å². The van der Waals surface area contributed by atoms with Crippen molar-refractivity contribution < 1.29 is 9.18 Å². The van der Waals surface area contributed by atoms with Crippen LogP contribution in [0.5, 0.6) is 0 Å². The zero-order valence-corrected chi connectivity index (χ0v) is 14.7. The molecule has 1 aromatic carbocycles. The van der Waals surface area contributed by atoms with Crippen LogP contribution in [-0.2, 0) is 4.79 Å². The van der Waals surface area contributed by atoms with Crippen molar-refractivity contribution in [2.75, 3.05) is 18.4 Å². The largest absolute Gasteiger partial charge is 0.322 e. The van der Waals surface area contributed by atoms with Crippen molar-refractivity contribution in [3.8, 4) is 5.69 Å². The summed E-state index contributed by atoms with van der Waals surface area (Å²) in [4.78, 5) is 14.5. The highest BCUT2D eigenvalue weighted by Crippen LogP contribution is 2.38. The molecule has 2 atom stereocenters. The van der Waals surface area contributed by atoms with Gasteiger partial charge in [-0.2, -0.15) is 0 Å². The van der Waals surface area contributed by atoms with Gasteiger partial charge in [0.25, 0.3) is 0 Å². The molecule has 0 unspecified atom stereocenters. The maximum Gasteiger partial charge on any atom is 0.238 e. The van der Waals surface area contributed by atoms with Crippen LogP contribution in [0.3, 0.4) is 0 Å². The van der Waals surface area contributed by atoms with Gasteiger partial charge in [0.15, 0.2) is 0 Å². The van der Waals surface area contributed by atoms with Gasteiger partial charge in [0.1, 0.15) is 12.1 Å². The summed E-state index contributed by atoms with van der Waals surface area (Å²) < 4.78 is 15.5. The highest BCUT2D eigenvalue weighted by Gasteiger charge is 2.34. The van der Waals surface area contributed by atoms with E-state index in [1.54, 1.807) is 6.07 Å². The first-order valence-electron chi connectivity index (χ1n) is 8.51. The Morgan fingerprint density at radius 2 is 2.24 bits per heavy atom. The molecule has 1 aromatic heterocycles. The molecule has 0 spiro atoms. The molecule has 0 radical (unpaired) electrons. The second-order valence-corrected chi connectivity index (χ2v) is 6.96. The van der Waals surface area contributed by atoms with E-state index in [0.29, 0.717) is 11.6 Å². The minimum Gasteiger partial charge on any atom is -0.322 e. The van der Waals surface area contributed by atoms with Gasteiger partial charge in [-0.25, -0.2) is 9.07 Å². The minimum atomic E-state index is -0.489. The van der Waals surface area contributed by atoms with Gasteiger partial charge in [0.2, 0.25) is 5.91 Å². The van der Waals surface area contributed by atoms with Gasteiger partial charge >= 0.3 is 0 Å². The summed E-state index contributed by atoms with van der Waals surface area (Å²) in [7, 11) is 0. The smallest absolute Gasteiger partial charge is 0.238 e. The molecule has 1 aliphatic rings. The molecule has 1 heterocycles. The van der Waals surface area contributed by atoms with Crippen molar-refractivity contribution in [2.24, 2.45) is 11.8 Å². The summed E-state index contributed by atoms with van der Waals surface area (Å²) in [6.45, 7) is 7.51. The monoisotopic (exact) mass is 346 g/mol. The van der Waals surface area contributed by atoms with Crippen LogP contribution in [0.1, 0.15) is 27.2 Å². The molecule has 7 nitrogen and oxygen atoms in total. The predicted octanol–water partition coefficient (Wildman–Crippen LogP) is 2.11. The van der Waals surface area contributed by atoms with Crippen molar-refractivity contribution in [3.05, 3.63) is 30.3 Å². The second kappa shape index (κ2) is 7.26. The van der Waals surface area contributed by atoms with Crippen molar-refractivity contribution >= 4 is 11.6 Å². The number of benzene rings is 1. The Balaban J connectivity index is 1.66. The van der Waals surface area contributed by atoms with Gasteiger partial charge < -0.3 is 5.32 Å². The zero-order chi connectivity index (χ0) is 18.0. The molecule has 0 aliphatic heterocycles. The number of nitrogens with one attached hydrogen (secondary N) is 1. The Labute approximate surface area is 146 Å². The number of tetrazole rings is 1. The number of carbonyl (C=O) groups is 1. The summed E-state index contributed by atoms with van der Waals surface area (Å²) in [5.41, 5.74) is 0.704. The molecule has 1 amide bonds. The Morgan fingerprint density at radius 3 is 2.84 bits per heavy atom. The lowest BCUT2D eigenvalue weighted by atomic mass is 10.2. The SMILES string of the molecule is CC(C)N(CC(=O)Nc1cc(-n2cnnn2)ccc1F)C[C@H]1C[C@@H]1C. The lowest BCUT2D eigenvalue weighted by Crippen LogP contribution is -2.39. The first-order valence-corrected chi connectivity index (χ1v) is 8.51. The normalized spacial score (nSPS) is 19.4. The third kappa shape index (κ3) is 4.39. The van der Waals surface area contributed by atoms with E-state index in [1.807, 2.05) is 0 Å². The van der Waals surface area contributed by atoms with Crippen LogP contribution in [0, 0.1) is 17.7 Å². The fourth-order valence-electron chi connectivity index (χ4n) is 2.82. The maximum atomic E-state index is 14.0. The van der Waals surface area contributed by atoms with E-state index in [1.165, 1.54) is 29.6 Å². The number of rotatable bonds is 7. The van der Waals surface area contributed by atoms with Crippen LogP contribution in [0.4, 0.5) is 10.1 Å². The van der Waals surface area contributed by atoms with Gasteiger partial charge in [0.05, 0.1) is 17.9 Å². The standard InChI is InChI=1S/C17H23FN6O/c1-11(2)23(8-13-6-12(13)3)9-17(25)20-16-7-14(4-5-15(16)18)24-10-19-21-22-24/h4-5,7,10-13H,6,8-9H2,1-3H3,(H,20,25)/t12-,13+/m0/s1. The number of halogens is 1. The van der Waals surface area contributed by atoms with Gasteiger partial charge in [0, 0.05) is 12.6 Å². The van der Waals surface area contributed by atoms with Crippen molar-refractivity contribution in [3.63, 3.8) is 0 Å². The highest BCUT2D eigenvalue weighted by molar-refractivity contribution is 5.92. The average Bonchev–Trinajstić information content (AvgIpc) is 3.02. The van der Waals surface area contributed by atoms with Crippen molar-refractivity contribution in [1.29, 1.82) is 0 Å². The lowest BCUT2D eigenvalue weighted by Gasteiger charge is -2.26. The van der Waals surface area contributed by atoms with E-state index in [0.717, 1.165) is 12.5 Å².